The molecule has 1 unspecified atom stereocenters. The zero-order valence-corrected chi connectivity index (χ0v) is 17.2. The molecule has 1 atom stereocenters. The number of ether oxygens (including phenoxy) is 1. The van der Waals surface area contributed by atoms with Gasteiger partial charge in [-0.25, -0.2) is 0 Å². The van der Waals surface area contributed by atoms with Crippen LogP contribution >= 0.6 is 0 Å². The minimum absolute atomic E-state index is 0.0643. The molecule has 0 saturated carbocycles. The summed E-state index contributed by atoms with van der Waals surface area (Å²) >= 11 is 0. The Kier molecular flexibility index (Phi) is 5.19. The molecule has 3 aromatic carbocycles. The van der Waals surface area contributed by atoms with Crippen LogP contribution in [0.4, 0.5) is 11.4 Å². The van der Waals surface area contributed by atoms with Gasteiger partial charge in [0.05, 0.1) is 13.2 Å². The van der Waals surface area contributed by atoms with Crippen molar-refractivity contribution in [3.63, 3.8) is 0 Å². The van der Waals surface area contributed by atoms with Gasteiger partial charge in [0.25, 0.3) is 5.91 Å². The van der Waals surface area contributed by atoms with Gasteiger partial charge in [-0.05, 0) is 61.9 Å². The minimum Gasteiger partial charge on any atom is -0.504 e. The number of aromatic hydroxyl groups is 1. The van der Waals surface area contributed by atoms with E-state index in [1.807, 2.05) is 74.5 Å². The second-order valence-corrected chi connectivity index (χ2v) is 7.46. The first-order chi connectivity index (χ1) is 14.5. The quantitative estimate of drug-likeness (QED) is 0.625. The number of amides is 1. The molecule has 0 aliphatic carbocycles. The number of carbonyl (C=O) groups is 1. The van der Waals surface area contributed by atoms with Crippen LogP contribution in [0.3, 0.4) is 0 Å². The number of phenols is 1. The number of methoxy groups -OCH3 is 1. The van der Waals surface area contributed by atoms with Crippen molar-refractivity contribution in [1.29, 1.82) is 0 Å². The summed E-state index contributed by atoms with van der Waals surface area (Å²) in [4.78, 5) is 15.1. The van der Waals surface area contributed by atoms with Crippen molar-refractivity contribution in [2.24, 2.45) is 0 Å². The standard InChI is InChI=1S/C25H24N2O3/c1-16-4-9-19(10-5-16)26-21-15-22(18-8-13-23(28)24(14-18)30-3)27(25(21)29)20-11-6-17(2)7-12-20/h4-15,22,26,28H,1-3H3. The van der Waals surface area contributed by atoms with Gasteiger partial charge in [-0.1, -0.05) is 41.5 Å². The molecule has 5 nitrogen and oxygen atoms in total. The number of hydrogen-bond acceptors (Lipinski definition) is 4. The van der Waals surface area contributed by atoms with Crippen molar-refractivity contribution in [2.75, 3.05) is 17.3 Å². The minimum atomic E-state index is -0.331. The number of anilines is 2. The average Bonchev–Trinajstić information content (AvgIpc) is 3.07. The highest BCUT2D eigenvalue weighted by Gasteiger charge is 2.35. The summed E-state index contributed by atoms with van der Waals surface area (Å²) in [5, 5.41) is 13.2. The number of aryl methyl sites for hydroxylation is 2. The van der Waals surface area contributed by atoms with Gasteiger partial charge in [0.2, 0.25) is 0 Å². The van der Waals surface area contributed by atoms with E-state index in [0.717, 1.165) is 28.1 Å². The van der Waals surface area contributed by atoms with Crippen LogP contribution in [0, 0.1) is 13.8 Å². The van der Waals surface area contributed by atoms with Crippen LogP contribution in [-0.4, -0.2) is 18.1 Å². The maximum Gasteiger partial charge on any atom is 0.275 e. The summed E-state index contributed by atoms with van der Waals surface area (Å²) in [5.74, 6) is 0.322. The van der Waals surface area contributed by atoms with Crippen molar-refractivity contribution in [1.82, 2.24) is 0 Å². The Morgan fingerprint density at radius 3 is 2.20 bits per heavy atom. The molecule has 1 amide bonds. The number of phenolic OH excluding ortho intramolecular Hbond substituents is 1. The third-order valence-corrected chi connectivity index (χ3v) is 5.24. The van der Waals surface area contributed by atoms with E-state index in [9.17, 15) is 9.90 Å². The third-order valence-electron chi connectivity index (χ3n) is 5.24. The van der Waals surface area contributed by atoms with Gasteiger partial charge < -0.3 is 15.2 Å². The Morgan fingerprint density at radius 2 is 1.57 bits per heavy atom. The lowest BCUT2D eigenvalue weighted by atomic mass is 10.0. The Morgan fingerprint density at radius 1 is 0.933 bits per heavy atom. The van der Waals surface area contributed by atoms with Crippen LogP contribution in [-0.2, 0) is 4.79 Å². The fourth-order valence-corrected chi connectivity index (χ4v) is 3.55. The largest absolute Gasteiger partial charge is 0.504 e. The highest BCUT2D eigenvalue weighted by Crippen LogP contribution is 2.39. The monoisotopic (exact) mass is 400 g/mol. The molecule has 0 fully saturated rings. The van der Waals surface area contributed by atoms with Gasteiger partial charge in [0.1, 0.15) is 5.70 Å². The van der Waals surface area contributed by atoms with E-state index in [0.29, 0.717) is 11.4 Å². The van der Waals surface area contributed by atoms with E-state index >= 15 is 0 Å². The van der Waals surface area contributed by atoms with Gasteiger partial charge in [0, 0.05) is 11.4 Å². The number of nitrogens with zero attached hydrogens (tertiary/aromatic N) is 1. The summed E-state index contributed by atoms with van der Waals surface area (Å²) in [6.45, 7) is 4.04. The van der Waals surface area contributed by atoms with Crippen LogP contribution in [0.2, 0.25) is 0 Å². The van der Waals surface area contributed by atoms with Crippen LogP contribution in [0.5, 0.6) is 11.5 Å². The molecule has 0 spiro atoms. The number of carbonyl (C=O) groups excluding carboxylic acids is 1. The van der Waals surface area contributed by atoms with Gasteiger partial charge in [-0.2, -0.15) is 0 Å². The Labute approximate surface area is 176 Å². The molecule has 3 aromatic rings. The van der Waals surface area contributed by atoms with E-state index in [1.54, 1.807) is 17.0 Å². The van der Waals surface area contributed by atoms with Crippen LogP contribution in [0.1, 0.15) is 22.7 Å². The van der Waals surface area contributed by atoms with E-state index < -0.39 is 0 Å². The van der Waals surface area contributed by atoms with E-state index in [4.69, 9.17) is 4.74 Å². The van der Waals surface area contributed by atoms with Gasteiger partial charge in [-0.15, -0.1) is 0 Å². The van der Waals surface area contributed by atoms with Crippen molar-refractivity contribution < 1.29 is 14.6 Å². The maximum absolute atomic E-state index is 13.4. The van der Waals surface area contributed by atoms with Gasteiger partial charge in [-0.3, -0.25) is 9.69 Å². The van der Waals surface area contributed by atoms with E-state index in [-0.39, 0.29) is 17.7 Å². The highest BCUT2D eigenvalue weighted by molar-refractivity contribution is 6.11. The summed E-state index contributed by atoms with van der Waals surface area (Å²) in [6, 6.07) is 20.6. The number of nitrogens with one attached hydrogen (secondary N) is 1. The SMILES string of the molecule is COc1cc(C2C=C(Nc3ccc(C)cc3)C(=O)N2c2ccc(C)cc2)ccc1O. The molecule has 0 aromatic heterocycles. The average molecular weight is 400 g/mol. The Balaban J connectivity index is 1.75. The first-order valence-corrected chi connectivity index (χ1v) is 9.79. The second kappa shape index (κ2) is 7.95. The molecule has 1 aliphatic rings. The molecule has 30 heavy (non-hydrogen) atoms. The van der Waals surface area contributed by atoms with Crippen LogP contribution in [0.25, 0.3) is 0 Å². The second-order valence-electron chi connectivity index (χ2n) is 7.46. The molecular formula is C25H24N2O3. The highest BCUT2D eigenvalue weighted by atomic mass is 16.5. The summed E-state index contributed by atoms with van der Waals surface area (Å²) in [7, 11) is 1.51. The summed E-state index contributed by atoms with van der Waals surface area (Å²) in [5.41, 5.74) is 5.30. The predicted octanol–water partition coefficient (Wildman–Crippen LogP) is 5.10. The zero-order chi connectivity index (χ0) is 21.3. The molecule has 1 heterocycles. The molecule has 0 radical (unpaired) electrons. The first-order valence-electron chi connectivity index (χ1n) is 9.79. The predicted molar refractivity (Wildman–Crippen MR) is 119 cm³/mol. The molecule has 5 heteroatoms. The Bertz CT molecular complexity index is 1100. The number of rotatable bonds is 5. The first kappa shape index (κ1) is 19.6. The molecule has 2 N–H and O–H groups in total. The fourth-order valence-electron chi connectivity index (χ4n) is 3.55. The van der Waals surface area contributed by atoms with Gasteiger partial charge in [0.15, 0.2) is 11.5 Å². The maximum atomic E-state index is 13.4. The lowest BCUT2D eigenvalue weighted by Crippen LogP contribution is -2.30. The number of hydrogen-bond donors (Lipinski definition) is 2. The van der Waals surface area contributed by atoms with Crippen LogP contribution in [0.15, 0.2) is 78.5 Å². The van der Waals surface area contributed by atoms with Crippen LogP contribution < -0.4 is 15.0 Å². The lowest BCUT2D eigenvalue weighted by molar-refractivity contribution is -0.114. The normalized spacial score (nSPS) is 15.8. The molecular weight excluding hydrogens is 376 g/mol. The lowest BCUT2D eigenvalue weighted by Gasteiger charge is -2.26. The van der Waals surface area contributed by atoms with Crippen molar-refractivity contribution in [2.45, 2.75) is 19.9 Å². The third kappa shape index (κ3) is 3.74. The summed E-state index contributed by atoms with van der Waals surface area (Å²) < 4.78 is 5.27. The van der Waals surface area contributed by atoms with E-state index in [1.165, 1.54) is 7.11 Å². The molecule has 1 aliphatic heterocycles. The topological polar surface area (TPSA) is 61.8 Å². The molecule has 152 valence electrons. The Hall–Kier alpha value is -3.73. The molecule has 0 saturated heterocycles. The van der Waals surface area contributed by atoms with Crippen molar-refractivity contribution in [3.05, 3.63) is 95.2 Å². The van der Waals surface area contributed by atoms with Gasteiger partial charge >= 0.3 is 0 Å². The smallest absolute Gasteiger partial charge is 0.275 e. The molecule has 4 rings (SSSR count). The van der Waals surface area contributed by atoms with Crippen molar-refractivity contribution >= 4 is 17.3 Å². The number of benzene rings is 3. The zero-order valence-electron chi connectivity index (χ0n) is 17.2. The van der Waals surface area contributed by atoms with E-state index in [2.05, 4.69) is 5.32 Å². The molecule has 0 bridgehead atoms. The summed E-state index contributed by atoms with van der Waals surface area (Å²) in [6.07, 6.45) is 1.91. The van der Waals surface area contributed by atoms with Crippen molar-refractivity contribution in [3.8, 4) is 11.5 Å². The fraction of sp³-hybridized carbons (Fsp3) is 0.160.